The maximum atomic E-state index is 6.45. The number of hydrogen-bond donors (Lipinski definition) is 1. The average Bonchev–Trinajstić information content (AvgIpc) is 2.96. The first-order valence-corrected chi connectivity index (χ1v) is 8.67. The van der Waals surface area contributed by atoms with Crippen LogP contribution < -0.4 is 5.73 Å². The SMILES string of the molecule is CSc1ccc(-c2noc(CC3(N)CCCCC3)n2)cc1. The molecule has 1 aliphatic carbocycles. The highest BCUT2D eigenvalue weighted by Gasteiger charge is 2.30. The largest absolute Gasteiger partial charge is 0.339 e. The molecule has 0 radical (unpaired) electrons. The zero-order valence-corrected chi connectivity index (χ0v) is 13.2. The summed E-state index contributed by atoms with van der Waals surface area (Å²) in [6, 6.07) is 8.20. The molecule has 2 N–H and O–H groups in total. The fourth-order valence-corrected chi connectivity index (χ4v) is 3.33. The van der Waals surface area contributed by atoms with Crippen LogP contribution in [0.5, 0.6) is 0 Å². The molecule has 0 spiro atoms. The molecule has 0 bridgehead atoms. The van der Waals surface area contributed by atoms with Gasteiger partial charge in [0.2, 0.25) is 11.7 Å². The van der Waals surface area contributed by atoms with Crippen molar-refractivity contribution in [2.24, 2.45) is 5.73 Å². The Morgan fingerprint density at radius 1 is 1.19 bits per heavy atom. The Morgan fingerprint density at radius 2 is 1.90 bits per heavy atom. The summed E-state index contributed by atoms with van der Waals surface area (Å²) in [5, 5.41) is 4.09. The predicted octanol–water partition coefficient (Wildman–Crippen LogP) is 3.66. The third-order valence-corrected chi connectivity index (χ3v) is 4.91. The average molecular weight is 303 g/mol. The van der Waals surface area contributed by atoms with Crippen LogP contribution >= 0.6 is 11.8 Å². The van der Waals surface area contributed by atoms with Gasteiger partial charge in [-0.25, -0.2) is 0 Å². The molecule has 1 aromatic heterocycles. The zero-order valence-electron chi connectivity index (χ0n) is 12.3. The van der Waals surface area contributed by atoms with Gasteiger partial charge in [-0.05, 0) is 43.4 Å². The van der Waals surface area contributed by atoms with E-state index in [0.29, 0.717) is 18.1 Å². The van der Waals surface area contributed by atoms with Crippen molar-refractivity contribution in [2.75, 3.05) is 6.26 Å². The lowest BCUT2D eigenvalue weighted by Gasteiger charge is -2.31. The molecule has 0 atom stereocenters. The lowest BCUT2D eigenvalue weighted by atomic mass is 9.80. The Hall–Kier alpha value is -1.33. The monoisotopic (exact) mass is 303 g/mol. The van der Waals surface area contributed by atoms with Crippen LogP contribution in [0.15, 0.2) is 33.7 Å². The fourth-order valence-electron chi connectivity index (χ4n) is 2.92. The van der Waals surface area contributed by atoms with Crippen LogP contribution in [0.4, 0.5) is 0 Å². The summed E-state index contributed by atoms with van der Waals surface area (Å²) in [7, 11) is 0. The van der Waals surface area contributed by atoms with Crippen LogP contribution in [0, 0.1) is 0 Å². The molecule has 2 aromatic rings. The second-order valence-electron chi connectivity index (χ2n) is 5.84. The van der Waals surface area contributed by atoms with Crippen molar-refractivity contribution in [3.8, 4) is 11.4 Å². The van der Waals surface area contributed by atoms with Crippen LogP contribution in [0.25, 0.3) is 11.4 Å². The Morgan fingerprint density at radius 3 is 2.57 bits per heavy atom. The van der Waals surface area contributed by atoms with Crippen molar-refractivity contribution in [3.05, 3.63) is 30.2 Å². The second-order valence-corrected chi connectivity index (χ2v) is 6.72. The van der Waals surface area contributed by atoms with Crippen LogP contribution in [-0.4, -0.2) is 21.9 Å². The van der Waals surface area contributed by atoms with Crippen molar-refractivity contribution in [2.45, 2.75) is 49.0 Å². The van der Waals surface area contributed by atoms with Gasteiger partial charge in [-0.15, -0.1) is 11.8 Å². The molecule has 1 saturated carbocycles. The van der Waals surface area contributed by atoms with Gasteiger partial charge in [-0.1, -0.05) is 24.4 Å². The number of rotatable bonds is 4. The van der Waals surface area contributed by atoms with Gasteiger partial charge >= 0.3 is 0 Å². The van der Waals surface area contributed by atoms with E-state index in [-0.39, 0.29) is 5.54 Å². The van der Waals surface area contributed by atoms with E-state index in [1.165, 1.54) is 24.2 Å². The first-order valence-electron chi connectivity index (χ1n) is 7.44. The minimum absolute atomic E-state index is 0.162. The van der Waals surface area contributed by atoms with Crippen molar-refractivity contribution >= 4 is 11.8 Å². The Kier molecular flexibility index (Phi) is 4.31. The fraction of sp³-hybridized carbons (Fsp3) is 0.500. The van der Waals surface area contributed by atoms with E-state index in [1.54, 1.807) is 11.8 Å². The van der Waals surface area contributed by atoms with Gasteiger partial charge in [0.15, 0.2) is 0 Å². The summed E-state index contributed by atoms with van der Waals surface area (Å²) < 4.78 is 5.40. The van der Waals surface area contributed by atoms with Crippen molar-refractivity contribution < 1.29 is 4.52 Å². The normalized spacial score (nSPS) is 17.8. The van der Waals surface area contributed by atoms with Crippen molar-refractivity contribution in [3.63, 3.8) is 0 Å². The smallest absolute Gasteiger partial charge is 0.228 e. The Labute approximate surface area is 129 Å². The van der Waals surface area contributed by atoms with Gasteiger partial charge in [0.1, 0.15) is 0 Å². The molecule has 1 aliphatic rings. The van der Waals surface area contributed by atoms with E-state index in [4.69, 9.17) is 10.3 Å². The van der Waals surface area contributed by atoms with Crippen molar-refractivity contribution in [1.29, 1.82) is 0 Å². The van der Waals surface area contributed by atoms with Gasteiger partial charge < -0.3 is 10.3 Å². The number of hydrogen-bond acceptors (Lipinski definition) is 5. The first kappa shape index (κ1) is 14.6. The third-order valence-electron chi connectivity index (χ3n) is 4.17. The number of nitrogens with zero attached hydrogens (tertiary/aromatic N) is 2. The van der Waals surface area contributed by atoms with E-state index in [9.17, 15) is 0 Å². The highest BCUT2D eigenvalue weighted by molar-refractivity contribution is 7.98. The van der Waals surface area contributed by atoms with E-state index in [0.717, 1.165) is 18.4 Å². The molecule has 1 fully saturated rings. The molecule has 1 aromatic carbocycles. The predicted molar refractivity (Wildman–Crippen MR) is 85.2 cm³/mol. The zero-order chi connectivity index (χ0) is 14.7. The number of benzene rings is 1. The van der Waals surface area contributed by atoms with Gasteiger partial charge in [-0.3, -0.25) is 0 Å². The van der Waals surface area contributed by atoms with E-state index < -0.39 is 0 Å². The summed E-state index contributed by atoms with van der Waals surface area (Å²) >= 11 is 1.72. The molecule has 0 saturated heterocycles. The minimum Gasteiger partial charge on any atom is -0.339 e. The molecule has 0 aliphatic heterocycles. The molecule has 5 heteroatoms. The highest BCUT2D eigenvalue weighted by Crippen LogP contribution is 2.29. The maximum absolute atomic E-state index is 6.45. The van der Waals surface area contributed by atoms with E-state index in [1.807, 2.05) is 12.1 Å². The quantitative estimate of drug-likeness (QED) is 0.873. The van der Waals surface area contributed by atoms with Gasteiger partial charge in [-0.2, -0.15) is 4.98 Å². The standard InChI is InChI=1S/C16H21N3OS/c1-21-13-7-5-12(6-8-13)15-18-14(20-19-15)11-16(17)9-3-2-4-10-16/h5-8H,2-4,9-11,17H2,1H3. The number of nitrogens with two attached hydrogens (primary N) is 1. The molecule has 3 rings (SSSR count). The van der Waals surface area contributed by atoms with E-state index in [2.05, 4.69) is 28.5 Å². The third kappa shape index (κ3) is 3.47. The summed E-state index contributed by atoms with van der Waals surface area (Å²) in [5.41, 5.74) is 7.27. The van der Waals surface area contributed by atoms with Gasteiger partial charge in [0.05, 0.1) is 0 Å². The minimum atomic E-state index is -0.162. The summed E-state index contributed by atoms with van der Waals surface area (Å²) in [5.74, 6) is 1.31. The lowest BCUT2D eigenvalue weighted by Crippen LogP contribution is -2.43. The van der Waals surface area contributed by atoms with Crippen LogP contribution in [0.2, 0.25) is 0 Å². The molecular weight excluding hydrogens is 282 g/mol. The molecule has 0 amide bonds. The van der Waals surface area contributed by atoms with Crippen LogP contribution in [0.3, 0.4) is 0 Å². The topological polar surface area (TPSA) is 64.9 Å². The first-order chi connectivity index (χ1) is 10.2. The lowest BCUT2D eigenvalue weighted by molar-refractivity contribution is 0.261. The Balaban J connectivity index is 1.73. The van der Waals surface area contributed by atoms with Crippen LogP contribution in [-0.2, 0) is 6.42 Å². The molecule has 4 nitrogen and oxygen atoms in total. The van der Waals surface area contributed by atoms with E-state index >= 15 is 0 Å². The molecule has 21 heavy (non-hydrogen) atoms. The highest BCUT2D eigenvalue weighted by atomic mass is 32.2. The molecule has 112 valence electrons. The van der Waals surface area contributed by atoms with Crippen LogP contribution in [0.1, 0.15) is 38.0 Å². The van der Waals surface area contributed by atoms with Gasteiger partial charge in [0, 0.05) is 22.4 Å². The van der Waals surface area contributed by atoms with Gasteiger partial charge in [0.25, 0.3) is 0 Å². The Bertz CT molecular complexity index is 588. The number of thioether (sulfide) groups is 1. The molecular formula is C16H21N3OS. The number of aromatic nitrogens is 2. The maximum Gasteiger partial charge on any atom is 0.228 e. The molecule has 1 heterocycles. The van der Waals surface area contributed by atoms with Crippen molar-refractivity contribution in [1.82, 2.24) is 10.1 Å². The summed E-state index contributed by atoms with van der Waals surface area (Å²) in [6.45, 7) is 0. The summed E-state index contributed by atoms with van der Waals surface area (Å²) in [4.78, 5) is 5.74. The second kappa shape index (κ2) is 6.20. The summed E-state index contributed by atoms with van der Waals surface area (Å²) in [6.07, 6.45) is 8.53. The molecule has 0 unspecified atom stereocenters.